The number of H-pyrrole nitrogens is 1. The van der Waals surface area contributed by atoms with Gasteiger partial charge in [0.1, 0.15) is 0 Å². The first-order chi connectivity index (χ1) is 11.6. The molecule has 0 spiro atoms. The quantitative estimate of drug-likeness (QED) is 0.712. The molecular formula is C19H24ClN3O. The van der Waals surface area contributed by atoms with Gasteiger partial charge in [0.15, 0.2) is 0 Å². The second kappa shape index (κ2) is 9.30. The van der Waals surface area contributed by atoms with E-state index in [0.29, 0.717) is 5.88 Å². The molecule has 1 aromatic carbocycles. The zero-order valence-electron chi connectivity index (χ0n) is 14.4. The summed E-state index contributed by atoms with van der Waals surface area (Å²) < 4.78 is 5.17. The number of hydrogen-bond acceptors (Lipinski definition) is 3. The number of benzene rings is 1. The average Bonchev–Trinajstić information content (AvgIpc) is 2.98. The van der Waals surface area contributed by atoms with Crippen molar-refractivity contribution in [2.24, 2.45) is 0 Å². The van der Waals surface area contributed by atoms with Crippen molar-refractivity contribution in [1.82, 2.24) is 14.9 Å². The number of nitrogens with zero attached hydrogens (tertiary/aromatic N) is 2. The predicted molar refractivity (Wildman–Crippen MR) is 101 cm³/mol. The fourth-order valence-electron chi connectivity index (χ4n) is 2.27. The van der Waals surface area contributed by atoms with Gasteiger partial charge < -0.3 is 14.6 Å². The molecule has 0 saturated heterocycles. The number of aromatic nitrogens is 2. The summed E-state index contributed by atoms with van der Waals surface area (Å²) in [4.78, 5) is 9.79. The highest BCUT2D eigenvalue weighted by atomic mass is 35.5. The monoisotopic (exact) mass is 345 g/mol. The molecule has 2 heterocycles. The van der Waals surface area contributed by atoms with Crippen molar-refractivity contribution in [3.63, 3.8) is 0 Å². The van der Waals surface area contributed by atoms with E-state index in [1.165, 1.54) is 11.1 Å². The van der Waals surface area contributed by atoms with Crippen molar-refractivity contribution in [1.29, 1.82) is 0 Å². The number of alkyl halides is 1. The molecule has 2 aromatic heterocycles. The summed E-state index contributed by atoms with van der Waals surface area (Å²) in [6.45, 7) is 0.974. The molecule has 0 radical (unpaired) electrons. The van der Waals surface area contributed by atoms with Crippen LogP contribution in [-0.2, 0) is 6.42 Å². The van der Waals surface area contributed by atoms with Crippen molar-refractivity contribution >= 4 is 22.6 Å². The predicted octanol–water partition coefficient (Wildman–Crippen LogP) is 3.95. The molecule has 24 heavy (non-hydrogen) atoms. The van der Waals surface area contributed by atoms with Crippen LogP contribution in [0.2, 0.25) is 0 Å². The molecule has 0 bridgehead atoms. The molecule has 0 saturated carbocycles. The molecule has 1 N–H and O–H groups in total. The highest BCUT2D eigenvalue weighted by Gasteiger charge is 2.07. The molecule has 0 fully saturated rings. The van der Waals surface area contributed by atoms with E-state index in [1.54, 1.807) is 7.11 Å². The van der Waals surface area contributed by atoms with E-state index < -0.39 is 0 Å². The lowest BCUT2D eigenvalue weighted by Crippen LogP contribution is -2.13. The van der Waals surface area contributed by atoms with Gasteiger partial charge in [-0.15, -0.1) is 11.6 Å². The Labute approximate surface area is 148 Å². The van der Waals surface area contributed by atoms with Crippen LogP contribution >= 0.6 is 11.6 Å². The summed E-state index contributed by atoms with van der Waals surface area (Å²) in [5.41, 5.74) is 4.50. The van der Waals surface area contributed by atoms with Gasteiger partial charge in [0.25, 0.3) is 0 Å². The van der Waals surface area contributed by atoms with E-state index >= 15 is 0 Å². The number of hydrogen-bond donors (Lipinski definition) is 1. The van der Waals surface area contributed by atoms with Crippen LogP contribution in [0, 0.1) is 0 Å². The molecule has 0 aliphatic heterocycles. The normalized spacial score (nSPS) is 10.5. The lowest BCUT2D eigenvalue weighted by Gasteiger charge is -2.02. The Morgan fingerprint density at radius 2 is 1.88 bits per heavy atom. The molecule has 4 nitrogen and oxygen atoms in total. The third kappa shape index (κ3) is 5.25. The first-order valence-electron chi connectivity index (χ1n) is 7.89. The second-order valence-electron chi connectivity index (χ2n) is 5.72. The number of aromatic amines is 1. The lowest BCUT2D eigenvalue weighted by molar-refractivity contribution is 0.399. The lowest BCUT2D eigenvalue weighted by atomic mass is 10.1. The van der Waals surface area contributed by atoms with Crippen molar-refractivity contribution < 1.29 is 4.74 Å². The third-order valence-corrected chi connectivity index (χ3v) is 3.72. The summed E-state index contributed by atoms with van der Waals surface area (Å²) in [6, 6.07) is 14.2. The highest BCUT2D eigenvalue weighted by Crippen LogP contribution is 2.21. The summed E-state index contributed by atoms with van der Waals surface area (Å²) in [5, 5.41) is 0. The van der Waals surface area contributed by atoms with Gasteiger partial charge in [-0.1, -0.05) is 30.3 Å². The van der Waals surface area contributed by atoms with Crippen LogP contribution in [0.25, 0.3) is 11.0 Å². The average molecular weight is 346 g/mol. The second-order valence-corrected chi connectivity index (χ2v) is 6.10. The van der Waals surface area contributed by atoms with E-state index in [4.69, 9.17) is 16.3 Å². The van der Waals surface area contributed by atoms with Gasteiger partial charge in [0, 0.05) is 36.7 Å². The Balaban J connectivity index is 0.000000301. The first-order valence-corrected chi connectivity index (χ1v) is 8.43. The van der Waals surface area contributed by atoms with Gasteiger partial charge in [-0.2, -0.15) is 0 Å². The van der Waals surface area contributed by atoms with Gasteiger partial charge in [-0.25, -0.2) is 4.98 Å². The summed E-state index contributed by atoms with van der Waals surface area (Å²) >= 11 is 5.35. The third-order valence-electron chi connectivity index (χ3n) is 3.55. The Bertz CT molecular complexity index is 741. The van der Waals surface area contributed by atoms with Crippen LogP contribution in [0.4, 0.5) is 0 Å². The number of nitrogens with one attached hydrogen (secondary N) is 1. The maximum absolute atomic E-state index is 5.35. The minimum absolute atomic E-state index is 0.649. The number of ether oxygens (including phenoxy) is 1. The molecule has 5 heteroatoms. The van der Waals surface area contributed by atoms with Crippen LogP contribution in [0.5, 0.6) is 5.88 Å². The summed E-state index contributed by atoms with van der Waals surface area (Å²) in [5.74, 6) is 1.38. The maximum atomic E-state index is 5.35. The summed E-state index contributed by atoms with van der Waals surface area (Å²) in [7, 11) is 5.64. The van der Waals surface area contributed by atoms with Gasteiger partial charge in [0.05, 0.1) is 18.1 Å². The molecule has 0 unspecified atom stereocenters. The Hall–Kier alpha value is -2.04. The topological polar surface area (TPSA) is 41.1 Å². The van der Waals surface area contributed by atoms with Gasteiger partial charge in [-0.05, 0) is 25.7 Å². The van der Waals surface area contributed by atoms with Crippen LogP contribution in [0.3, 0.4) is 0 Å². The van der Waals surface area contributed by atoms with Gasteiger partial charge >= 0.3 is 0 Å². The fourth-order valence-corrected chi connectivity index (χ4v) is 2.61. The van der Waals surface area contributed by atoms with Gasteiger partial charge in [-0.3, -0.25) is 0 Å². The Morgan fingerprint density at radius 1 is 1.12 bits per heavy atom. The molecular weight excluding hydrogens is 322 g/mol. The molecule has 128 valence electrons. The zero-order chi connectivity index (χ0) is 17.4. The largest absolute Gasteiger partial charge is 0.481 e. The van der Waals surface area contributed by atoms with E-state index in [1.807, 2.05) is 43.4 Å². The maximum Gasteiger partial charge on any atom is 0.213 e. The van der Waals surface area contributed by atoms with Crippen LogP contribution in [0.15, 0.2) is 48.7 Å². The molecule has 3 rings (SSSR count). The van der Waals surface area contributed by atoms with E-state index in [-0.39, 0.29) is 0 Å². The smallest absolute Gasteiger partial charge is 0.213 e. The van der Waals surface area contributed by atoms with E-state index in [2.05, 4.69) is 34.2 Å². The standard InChI is InChI=1S/C15H14N2O.C4H10ClN/c1-18-14-8-7-13-15(17-14)12(10-16-13)9-11-5-3-2-4-6-11;1-6(2)4-3-5/h2-8,10,16H,9H2,1H3;3-4H2,1-2H3. The number of rotatable bonds is 5. The highest BCUT2D eigenvalue weighted by molar-refractivity contribution is 6.18. The van der Waals surface area contributed by atoms with Gasteiger partial charge in [0.2, 0.25) is 5.88 Å². The molecule has 0 amide bonds. The van der Waals surface area contributed by atoms with Crippen molar-refractivity contribution in [2.45, 2.75) is 6.42 Å². The summed E-state index contributed by atoms with van der Waals surface area (Å²) in [6.07, 6.45) is 2.89. The minimum Gasteiger partial charge on any atom is -0.481 e. The number of fused-ring (bicyclic) bond motifs is 1. The van der Waals surface area contributed by atoms with Crippen molar-refractivity contribution in [2.75, 3.05) is 33.6 Å². The number of methoxy groups -OCH3 is 1. The number of halogens is 1. The Kier molecular flexibility index (Phi) is 7.09. The molecule has 0 atom stereocenters. The molecule has 0 aliphatic carbocycles. The minimum atomic E-state index is 0.649. The Morgan fingerprint density at radius 3 is 2.46 bits per heavy atom. The van der Waals surface area contributed by atoms with E-state index in [9.17, 15) is 0 Å². The van der Waals surface area contributed by atoms with E-state index in [0.717, 1.165) is 29.9 Å². The van der Waals surface area contributed by atoms with Crippen molar-refractivity contribution in [3.05, 3.63) is 59.8 Å². The van der Waals surface area contributed by atoms with Crippen LogP contribution in [-0.4, -0.2) is 48.5 Å². The number of pyridine rings is 1. The zero-order valence-corrected chi connectivity index (χ0v) is 15.2. The molecule has 3 aromatic rings. The van der Waals surface area contributed by atoms with Crippen molar-refractivity contribution in [3.8, 4) is 5.88 Å². The molecule has 0 aliphatic rings. The first kappa shape index (κ1) is 18.3. The van der Waals surface area contributed by atoms with Crippen LogP contribution < -0.4 is 4.74 Å². The van der Waals surface area contributed by atoms with Crippen LogP contribution in [0.1, 0.15) is 11.1 Å². The SMILES string of the molecule is CN(C)CCCl.COc1ccc2[nH]cc(Cc3ccccc3)c2n1. The fraction of sp³-hybridized carbons (Fsp3) is 0.316.